The van der Waals surface area contributed by atoms with E-state index in [4.69, 9.17) is 46.9 Å². The fourth-order valence-electron chi connectivity index (χ4n) is 15.7. The zero-order valence-electron chi connectivity index (χ0n) is 74.4. The lowest BCUT2D eigenvalue weighted by Crippen LogP contribution is -2.42. The van der Waals surface area contributed by atoms with Gasteiger partial charge in [-0.15, -0.1) is 24.9 Å². The number of rotatable bonds is 31. The number of carbonyl (C=O) groups is 5. The van der Waals surface area contributed by atoms with E-state index in [-0.39, 0.29) is 73.9 Å². The van der Waals surface area contributed by atoms with Crippen molar-refractivity contribution in [2.24, 2.45) is 11.8 Å². The third kappa shape index (κ3) is 30.9. The molecule has 0 aromatic heterocycles. The van der Waals surface area contributed by atoms with Gasteiger partial charge in [-0.3, -0.25) is 24.0 Å². The molecule has 0 heterocycles. The van der Waals surface area contributed by atoms with E-state index in [9.17, 15) is 146 Å². The molecule has 758 valence electrons. The molecule has 10 aromatic carbocycles. The maximum absolute atomic E-state index is 13.1. The smallest absolute Gasteiger partial charge is 0.483 e. The summed E-state index contributed by atoms with van der Waals surface area (Å²) in [4.78, 5) is 59.4. The highest BCUT2D eigenvalue weighted by atomic mass is 35.5. The summed E-state index contributed by atoms with van der Waals surface area (Å²) >= 11 is 13.5. The van der Waals surface area contributed by atoms with Crippen molar-refractivity contribution in [1.82, 2.24) is 0 Å². The maximum Gasteiger partial charge on any atom is 0.573 e. The first-order valence-electron chi connectivity index (χ1n) is 43.0. The van der Waals surface area contributed by atoms with E-state index in [1.807, 2.05) is 44.4 Å². The second kappa shape index (κ2) is 45.8. The highest BCUT2D eigenvalue weighted by molar-refractivity contribution is 7.98. The summed E-state index contributed by atoms with van der Waals surface area (Å²) in [6.45, 7) is -3.99. The number of carboxylic acid groups (broad SMARTS) is 5. The minimum absolute atomic E-state index is 0.0141. The second-order valence-electron chi connectivity index (χ2n) is 34.0. The molecule has 2 unspecified atom stereocenters. The third-order valence-electron chi connectivity index (χ3n) is 23.5. The predicted octanol–water partition coefficient (Wildman–Crippen LogP) is 29.3. The Kier molecular flexibility index (Phi) is 35.9. The van der Waals surface area contributed by atoms with Crippen molar-refractivity contribution in [2.75, 3.05) is 39.3 Å². The van der Waals surface area contributed by atoms with Crippen molar-refractivity contribution in [2.45, 2.75) is 174 Å². The Labute approximate surface area is 805 Å². The number of thioether (sulfide) groups is 1. The van der Waals surface area contributed by atoms with Gasteiger partial charge in [0.15, 0.2) is 33.0 Å². The van der Waals surface area contributed by atoms with Crippen LogP contribution in [0.15, 0.2) is 211 Å². The number of benzene rings is 10. The molecule has 141 heavy (non-hydrogen) atoms. The van der Waals surface area contributed by atoms with Crippen LogP contribution in [0.1, 0.15) is 143 Å². The van der Waals surface area contributed by atoms with Gasteiger partial charge in [0.05, 0.1) is 43.7 Å². The quantitative estimate of drug-likeness (QED) is 0.0200. The van der Waals surface area contributed by atoms with Crippen LogP contribution in [0.2, 0.25) is 10.0 Å². The summed E-state index contributed by atoms with van der Waals surface area (Å²) in [5.41, 5.74) is 1.46. The minimum atomic E-state index is -4.88. The second-order valence-corrected chi connectivity index (χ2v) is 35.7. The van der Waals surface area contributed by atoms with Crippen molar-refractivity contribution in [1.29, 1.82) is 0 Å². The highest BCUT2D eigenvalue weighted by Crippen LogP contribution is 2.52. The average Bonchev–Trinajstić information content (AvgIpc) is 1.41. The van der Waals surface area contributed by atoms with E-state index in [0.717, 1.165) is 72.5 Å². The Morgan fingerprint density at radius 1 is 0.376 bits per heavy atom. The summed E-state index contributed by atoms with van der Waals surface area (Å²) in [5.74, 6) is -8.04. The molecule has 14 rings (SSSR count). The number of aliphatic carboxylic acids is 5. The highest BCUT2D eigenvalue weighted by Gasteiger charge is 2.50. The van der Waals surface area contributed by atoms with Crippen molar-refractivity contribution in [3.8, 4) is 90.1 Å². The molecular formula is C100H88Cl2F22O16S. The fourth-order valence-corrected chi connectivity index (χ4v) is 16.4. The van der Waals surface area contributed by atoms with Gasteiger partial charge in [0, 0.05) is 32.7 Å². The molecule has 41 heteroatoms. The number of ether oxygens (including phenoxy) is 6. The average molecular weight is 2070 g/mol. The Morgan fingerprint density at radius 3 is 0.965 bits per heavy atom. The maximum atomic E-state index is 13.1. The van der Waals surface area contributed by atoms with Gasteiger partial charge in [-0.05, 0) is 216 Å². The van der Waals surface area contributed by atoms with Crippen molar-refractivity contribution < 1.29 is 175 Å². The third-order valence-corrected chi connectivity index (χ3v) is 25.0. The standard InChI is InChI=1S/C21H20F6O3.C20H16F6O4.C20H18F4O3.C20H19F3O3S.C19H15Cl2F3O3/c1-12(2)9-17(19(28)29)14-5-8-16(18(10-14)30-11-20(22,23)24)13-3-6-15(7-4-13)21(25,26)27;21-19(22,23)11-29-16-10-13(18(17(27)28)8-1-9-18)4-7-15(16)12-2-5-14(6-3-12)30-20(24,25)26;21-15-6-3-13(4-7-15)16-8-5-14(10-18(16)27-11-20(22,23)24)17(19(25)26)9-12-1-2-12;1-27-15-6-3-13(4-7-15)16-8-5-14(19(18(24)25)9-2-10-19)11-17(16)26-12-20(21,22)23;20-14-5-2-11(8-15(14)21)13-4-3-12(18(17(25)26)6-1-7-18)9-16(13)27-10-19(22,23)24/h3-8,10,12,17H,9,11H2,1-2H3,(H,28,29);2-7,10H,1,8-9,11H2,(H,27,28);3-8,10,12,17H,1-2,9,11H2,(H,25,26);3-8,11H,2,9-10,12H2,1H3,(H,24,25);2-5,8-9H,1,6-7,10H2,(H,25,26). The van der Waals surface area contributed by atoms with Gasteiger partial charge in [0.1, 0.15) is 40.3 Å². The molecule has 0 spiro atoms. The summed E-state index contributed by atoms with van der Waals surface area (Å²) < 4.78 is 307. The molecule has 0 amide bonds. The van der Waals surface area contributed by atoms with Crippen LogP contribution in [-0.2, 0) is 46.4 Å². The number of halogens is 24. The first kappa shape index (κ1) is 111. The molecule has 4 aliphatic carbocycles. The molecule has 16 nitrogen and oxygen atoms in total. The number of carboxylic acids is 5. The van der Waals surface area contributed by atoms with Crippen LogP contribution in [0.5, 0.6) is 34.5 Å². The van der Waals surface area contributed by atoms with E-state index < -0.39 is 152 Å². The van der Waals surface area contributed by atoms with Crippen LogP contribution < -0.4 is 28.4 Å². The van der Waals surface area contributed by atoms with E-state index in [1.165, 1.54) is 109 Å². The summed E-state index contributed by atoms with van der Waals surface area (Å²) in [5, 5.41) is 48.3. The molecule has 0 aliphatic heterocycles. The van der Waals surface area contributed by atoms with Gasteiger partial charge in [-0.1, -0.05) is 184 Å². The Bertz CT molecular complexity index is 5990. The molecule has 0 saturated heterocycles. The summed E-state index contributed by atoms with van der Waals surface area (Å²) in [6.07, 6.45) is -22.9. The van der Waals surface area contributed by atoms with Crippen molar-refractivity contribution >= 4 is 64.8 Å². The van der Waals surface area contributed by atoms with Crippen LogP contribution in [0.3, 0.4) is 0 Å². The van der Waals surface area contributed by atoms with Crippen molar-refractivity contribution in [3.05, 3.63) is 255 Å². The molecular weight excluding hydrogens is 1980 g/mol. The molecule has 0 radical (unpaired) electrons. The largest absolute Gasteiger partial charge is 0.573 e. The molecule has 5 N–H and O–H groups in total. The number of hydrogen-bond acceptors (Lipinski definition) is 12. The molecule has 10 aromatic rings. The molecule has 4 aliphatic rings. The van der Waals surface area contributed by atoms with Crippen LogP contribution in [0, 0.1) is 17.7 Å². The van der Waals surface area contributed by atoms with E-state index in [2.05, 4.69) is 4.74 Å². The van der Waals surface area contributed by atoms with Crippen LogP contribution >= 0.6 is 35.0 Å². The molecule has 0 bridgehead atoms. The van der Waals surface area contributed by atoms with Crippen LogP contribution in [-0.4, -0.2) is 132 Å². The predicted molar refractivity (Wildman–Crippen MR) is 478 cm³/mol. The molecule has 2 atom stereocenters. The lowest BCUT2D eigenvalue weighted by Gasteiger charge is -2.38. The van der Waals surface area contributed by atoms with Gasteiger partial charge in [-0.2, -0.15) is 79.0 Å². The van der Waals surface area contributed by atoms with Crippen molar-refractivity contribution in [3.63, 3.8) is 0 Å². The SMILES string of the molecule is CC(C)CC(C(=O)O)c1ccc(-c2ccc(C(F)(F)F)cc2)c(OCC(F)(F)F)c1.CSc1ccc(-c2ccc(C3(C(=O)O)CCC3)cc2OCC(F)(F)F)cc1.O=C(O)C(CC1CC1)c1ccc(-c2ccc(F)cc2)c(OCC(F)(F)F)c1.O=C(O)C1(c2ccc(-c3ccc(Cl)c(Cl)c3)c(OCC(F)(F)F)c2)CCC1.O=C(O)C1(c2ccc(-c3ccc(OC(F)(F)F)cc3)c(OCC(F)(F)F)c2)CCC1. The fraction of sp³-hybridized carbons (Fsp3) is 0.350. The van der Waals surface area contributed by atoms with Gasteiger partial charge in [0.2, 0.25) is 0 Å². The summed E-state index contributed by atoms with van der Waals surface area (Å²) in [7, 11) is 0. The monoisotopic (exact) mass is 2060 g/mol. The molecule has 4 saturated carbocycles. The van der Waals surface area contributed by atoms with E-state index >= 15 is 0 Å². The van der Waals surface area contributed by atoms with E-state index in [1.54, 1.807) is 48.2 Å². The summed E-state index contributed by atoms with van der Waals surface area (Å²) in [6, 6.07) is 47.7. The lowest BCUT2D eigenvalue weighted by atomic mass is 9.64. The minimum Gasteiger partial charge on any atom is -0.483 e. The Balaban J connectivity index is 0.000000181. The van der Waals surface area contributed by atoms with Gasteiger partial charge < -0.3 is 54.0 Å². The van der Waals surface area contributed by atoms with E-state index in [0.29, 0.717) is 112 Å². The van der Waals surface area contributed by atoms with Crippen LogP contribution in [0.25, 0.3) is 55.6 Å². The van der Waals surface area contributed by atoms with Crippen LogP contribution in [0.4, 0.5) is 96.6 Å². The van der Waals surface area contributed by atoms with Gasteiger partial charge in [0.25, 0.3) is 0 Å². The Hall–Kier alpha value is -12.3. The molecule has 4 fully saturated rings. The zero-order chi connectivity index (χ0) is 104. The number of alkyl halides is 21. The lowest BCUT2D eigenvalue weighted by molar-refractivity contribution is -0.274. The topological polar surface area (TPSA) is 242 Å². The number of hydrogen-bond donors (Lipinski definition) is 5. The Morgan fingerprint density at radius 2 is 0.681 bits per heavy atom. The zero-order valence-corrected chi connectivity index (χ0v) is 76.7. The van der Waals surface area contributed by atoms with Gasteiger partial charge >= 0.3 is 73.3 Å². The van der Waals surface area contributed by atoms with Gasteiger partial charge in [-0.25, -0.2) is 4.39 Å². The normalized spacial score (nSPS) is 15.3. The first-order valence-corrected chi connectivity index (χ1v) is 45.0. The first-order chi connectivity index (χ1) is 65.8.